The molecule has 1 saturated heterocycles. The molecule has 0 aliphatic carbocycles. The van der Waals surface area contributed by atoms with E-state index >= 15 is 0 Å². The van der Waals surface area contributed by atoms with Gasteiger partial charge in [0.2, 0.25) is 11.8 Å². The molecule has 2 amide bonds. The predicted octanol–water partition coefficient (Wildman–Crippen LogP) is 0.354. The molecule has 134 valence electrons. The van der Waals surface area contributed by atoms with Crippen molar-refractivity contribution in [2.24, 2.45) is 0 Å². The van der Waals surface area contributed by atoms with Gasteiger partial charge in [0.1, 0.15) is 17.3 Å². The van der Waals surface area contributed by atoms with Crippen molar-refractivity contribution in [2.75, 3.05) is 19.6 Å². The molecule has 7 nitrogen and oxygen atoms in total. The molecule has 7 heteroatoms. The van der Waals surface area contributed by atoms with E-state index in [1.54, 1.807) is 6.26 Å². The maximum atomic E-state index is 12.6. The molecule has 0 spiro atoms. The van der Waals surface area contributed by atoms with Crippen molar-refractivity contribution in [3.8, 4) is 0 Å². The lowest BCUT2D eigenvalue weighted by molar-refractivity contribution is -0.130. The van der Waals surface area contributed by atoms with Gasteiger partial charge in [0.05, 0.1) is 25.8 Å². The third-order valence-electron chi connectivity index (χ3n) is 4.63. The molecule has 3 N–H and O–H groups in total. The number of nitrogens with one attached hydrogen (secondary N) is 1. The van der Waals surface area contributed by atoms with Crippen LogP contribution in [0.2, 0.25) is 0 Å². The van der Waals surface area contributed by atoms with E-state index in [0.29, 0.717) is 0 Å². The number of nitrogens with zero attached hydrogens (tertiary/aromatic N) is 1. The molecule has 2 atom stereocenters. The molecule has 0 saturated carbocycles. The van der Waals surface area contributed by atoms with Crippen molar-refractivity contribution in [1.82, 2.24) is 10.2 Å². The number of carbonyl (C=O) groups is 2. The standard InChI is InChI=1S/C18H22N2O5/c1-11-3-4-14-13(8-25-15(14)5-11)6-17(23)20-7-16(22)18(24,10-20)9-19-12(2)21/h3-5,8,16,22,24H,6-7,9-10H2,1-2H3,(H,19,21)/t16-,18+/m1/s1. The second-order valence-electron chi connectivity index (χ2n) is 6.74. The van der Waals surface area contributed by atoms with Crippen LogP contribution < -0.4 is 5.32 Å². The molecular formula is C18H22N2O5. The highest BCUT2D eigenvalue weighted by atomic mass is 16.3. The van der Waals surface area contributed by atoms with Crippen LogP contribution >= 0.6 is 0 Å². The summed E-state index contributed by atoms with van der Waals surface area (Å²) in [5.74, 6) is -0.508. The molecule has 1 aliphatic rings. The van der Waals surface area contributed by atoms with Crippen LogP contribution in [0.25, 0.3) is 11.0 Å². The Morgan fingerprint density at radius 3 is 2.92 bits per heavy atom. The third kappa shape index (κ3) is 3.52. The molecule has 1 aromatic carbocycles. The molecule has 3 rings (SSSR count). The van der Waals surface area contributed by atoms with E-state index in [4.69, 9.17) is 4.42 Å². The van der Waals surface area contributed by atoms with Crippen LogP contribution in [0, 0.1) is 6.92 Å². The molecule has 0 radical (unpaired) electrons. The Morgan fingerprint density at radius 1 is 1.44 bits per heavy atom. The lowest BCUT2D eigenvalue weighted by Gasteiger charge is -2.25. The summed E-state index contributed by atoms with van der Waals surface area (Å²) in [5, 5.41) is 23.9. The van der Waals surface area contributed by atoms with E-state index in [1.165, 1.54) is 11.8 Å². The normalized spacial score (nSPS) is 23.2. The molecular weight excluding hydrogens is 324 g/mol. The first-order valence-electron chi connectivity index (χ1n) is 8.18. The van der Waals surface area contributed by atoms with Gasteiger partial charge < -0.3 is 24.8 Å². The number of aliphatic hydroxyl groups excluding tert-OH is 1. The fourth-order valence-corrected chi connectivity index (χ4v) is 3.12. The molecule has 25 heavy (non-hydrogen) atoms. The Labute approximate surface area is 145 Å². The number of fused-ring (bicyclic) bond motifs is 1. The Kier molecular flexibility index (Phi) is 4.53. The topological polar surface area (TPSA) is 103 Å². The number of carbonyl (C=O) groups excluding carboxylic acids is 2. The van der Waals surface area contributed by atoms with E-state index < -0.39 is 11.7 Å². The first kappa shape index (κ1) is 17.4. The average Bonchev–Trinajstić information content (AvgIpc) is 3.07. The first-order chi connectivity index (χ1) is 11.8. The van der Waals surface area contributed by atoms with E-state index in [1.807, 2.05) is 25.1 Å². The molecule has 1 aromatic heterocycles. The molecule has 0 unspecified atom stereocenters. The van der Waals surface area contributed by atoms with Crippen LogP contribution in [0.3, 0.4) is 0 Å². The van der Waals surface area contributed by atoms with Gasteiger partial charge in [-0.3, -0.25) is 9.59 Å². The zero-order valence-corrected chi connectivity index (χ0v) is 14.3. The molecule has 2 aromatic rings. The van der Waals surface area contributed by atoms with Gasteiger partial charge in [0.15, 0.2) is 0 Å². The van der Waals surface area contributed by atoms with E-state index in [-0.39, 0.29) is 37.9 Å². The van der Waals surface area contributed by atoms with Crippen molar-refractivity contribution in [2.45, 2.75) is 32.0 Å². The van der Waals surface area contributed by atoms with Gasteiger partial charge in [0.25, 0.3) is 0 Å². The monoisotopic (exact) mass is 346 g/mol. The Hall–Kier alpha value is -2.38. The van der Waals surface area contributed by atoms with E-state index in [9.17, 15) is 19.8 Å². The van der Waals surface area contributed by atoms with E-state index in [0.717, 1.165) is 22.1 Å². The van der Waals surface area contributed by atoms with Gasteiger partial charge in [-0.25, -0.2) is 0 Å². The molecule has 2 heterocycles. The second kappa shape index (κ2) is 6.50. The summed E-state index contributed by atoms with van der Waals surface area (Å²) in [5.41, 5.74) is 1.04. The first-order valence-corrected chi connectivity index (χ1v) is 8.18. The maximum absolute atomic E-state index is 12.6. The van der Waals surface area contributed by atoms with Crippen LogP contribution in [0.1, 0.15) is 18.1 Å². The fourth-order valence-electron chi connectivity index (χ4n) is 3.12. The highest BCUT2D eigenvalue weighted by Crippen LogP contribution is 2.26. The van der Waals surface area contributed by atoms with Gasteiger partial charge in [-0.2, -0.15) is 0 Å². The van der Waals surface area contributed by atoms with Crippen LogP contribution in [0.15, 0.2) is 28.9 Å². The summed E-state index contributed by atoms with van der Waals surface area (Å²) in [6.07, 6.45) is 0.587. The number of furan rings is 1. The van der Waals surface area contributed by atoms with Gasteiger partial charge in [-0.1, -0.05) is 12.1 Å². The number of likely N-dealkylation sites (tertiary alicyclic amines) is 1. The minimum Gasteiger partial charge on any atom is -0.464 e. The summed E-state index contributed by atoms with van der Waals surface area (Å²) < 4.78 is 5.50. The largest absolute Gasteiger partial charge is 0.464 e. The van der Waals surface area contributed by atoms with Gasteiger partial charge in [-0.05, 0) is 18.6 Å². The number of hydrogen-bond donors (Lipinski definition) is 3. The van der Waals surface area contributed by atoms with Crippen molar-refractivity contribution in [3.05, 3.63) is 35.6 Å². The molecule has 1 fully saturated rings. The average molecular weight is 346 g/mol. The number of aryl methyl sites for hydroxylation is 1. The van der Waals surface area contributed by atoms with Crippen LogP contribution in [-0.4, -0.2) is 58.3 Å². The predicted molar refractivity (Wildman–Crippen MR) is 90.9 cm³/mol. The zero-order valence-electron chi connectivity index (χ0n) is 14.3. The summed E-state index contributed by atoms with van der Waals surface area (Å²) in [6.45, 7) is 3.21. The maximum Gasteiger partial charge on any atom is 0.227 e. The van der Waals surface area contributed by atoms with Gasteiger partial charge >= 0.3 is 0 Å². The molecule has 1 aliphatic heterocycles. The number of rotatable bonds is 4. The van der Waals surface area contributed by atoms with Crippen LogP contribution in [-0.2, 0) is 16.0 Å². The minimum absolute atomic E-state index is 0.0256. The Bertz CT molecular complexity index is 815. The number of β-amino-alcohol motifs (C(OH)–C–C–N with tert-alkyl or cyclic N) is 2. The Morgan fingerprint density at radius 2 is 2.20 bits per heavy atom. The summed E-state index contributed by atoms with van der Waals surface area (Å²) in [7, 11) is 0. The van der Waals surface area contributed by atoms with Crippen molar-refractivity contribution < 1.29 is 24.2 Å². The summed E-state index contributed by atoms with van der Waals surface area (Å²) in [4.78, 5) is 25.0. The van der Waals surface area contributed by atoms with Crippen LogP contribution in [0.4, 0.5) is 0 Å². The smallest absolute Gasteiger partial charge is 0.227 e. The highest BCUT2D eigenvalue weighted by molar-refractivity contribution is 5.88. The van der Waals surface area contributed by atoms with E-state index in [2.05, 4.69) is 5.32 Å². The highest BCUT2D eigenvalue weighted by Gasteiger charge is 2.46. The van der Waals surface area contributed by atoms with Gasteiger partial charge in [-0.15, -0.1) is 0 Å². The number of benzene rings is 1. The number of aliphatic hydroxyl groups is 2. The summed E-state index contributed by atoms with van der Waals surface area (Å²) in [6, 6.07) is 5.79. The summed E-state index contributed by atoms with van der Waals surface area (Å²) >= 11 is 0. The van der Waals surface area contributed by atoms with Crippen molar-refractivity contribution >= 4 is 22.8 Å². The van der Waals surface area contributed by atoms with Crippen LogP contribution in [0.5, 0.6) is 0 Å². The molecule has 0 bridgehead atoms. The number of hydrogen-bond acceptors (Lipinski definition) is 5. The van der Waals surface area contributed by atoms with Crippen molar-refractivity contribution in [1.29, 1.82) is 0 Å². The number of amides is 2. The Balaban J connectivity index is 1.70. The minimum atomic E-state index is -1.53. The van der Waals surface area contributed by atoms with Gasteiger partial charge in [0, 0.05) is 24.4 Å². The lowest BCUT2D eigenvalue weighted by atomic mass is 10.0. The SMILES string of the molecule is CC(=O)NC[C@]1(O)CN(C(=O)Cc2coc3cc(C)ccc23)C[C@H]1O. The zero-order chi connectivity index (χ0) is 18.2. The quantitative estimate of drug-likeness (QED) is 0.741. The fraction of sp³-hybridized carbons (Fsp3) is 0.444. The second-order valence-corrected chi connectivity index (χ2v) is 6.74. The lowest BCUT2D eigenvalue weighted by Crippen LogP contribution is -2.51. The third-order valence-corrected chi connectivity index (χ3v) is 4.63. The van der Waals surface area contributed by atoms with Crippen molar-refractivity contribution in [3.63, 3.8) is 0 Å².